The van der Waals surface area contributed by atoms with Crippen LogP contribution in [0, 0.1) is 19.8 Å². The number of nitrogens with zero attached hydrogens (tertiary/aromatic N) is 1. The summed E-state index contributed by atoms with van der Waals surface area (Å²) in [5, 5.41) is 0. The van der Waals surface area contributed by atoms with Crippen LogP contribution in [0.15, 0.2) is 36.4 Å². The molecule has 1 aliphatic rings. The summed E-state index contributed by atoms with van der Waals surface area (Å²) in [4.78, 5) is 12.4. The SMILES string of the molecule is Cc1ccc(C)n1NC(=O)c1ccc(OCC2COCCOC2)cc1. The largest absolute Gasteiger partial charge is 0.493 e. The smallest absolute Gasteiger partial charge is 0.270 e. The zero-order valence-electron chi connectivity index (χ0n) is 14.7. The summed E-state index contributed by atoms with van der Waals surface area (Å²) >= 11 is 0. The van der Waals surface area contributed by atoms with Gasteiger partial charge in [0.2, 0.25) is 0 Å². The van der Waals surface area contributed by atoms with E-state index in [4.69, 9.17) is 14.2 Å². The van der Waals surface area contributed by atoms with Gasteiger partial charge in [0, 0.05) is 22.9 Å². The van der Waals surface area contributed by atoms with Gasteiger partial charge in [-0.15, -0.1) is 0 Å². The van der Waals surface area contributed by atoms with Gasteiger partial charge in [0.05, 0.1) is 33.0 Å². The van der Waals surface area contributed by atoms with E-state index >= 15 is 0 Å². The molecule has 1 aromatic carbocycles. The molecule has 134 valence electrons. The third-order valence-electron chi connectivity index (χ3n) is 4.17. The van der Waals surface area contributed by atoms with Crippen molar-refractivity contribution in [2.45, 2.75) is 13.8 Å². The summed E-state index contributed by atoms with van der Waals surface area (Å²) in [6.45, 7) is 7.01. The average Bonchev–Trinajstić information content (AvgIpc) is 2.84. The quantitative estimate of drug-likeness (QED) is 0.905. The lowest BCUT2D eigenvalue weighted by molar-refractivity contribution is 0.100. The van der Waals surface area contributed by atoms with Crippen molar-refractivity contribution >= 4 is 5.91 Å². The van der Waals surface area contributed by atoms with Crippen LogP contribution in [0.4, 0.5) is 0 Å². The van der Waals surface area contributed by atoms with Crippen LogP contribution in [-0.4, -0.2) is 43.6 Å². The Morgan fingerprint density at radius 3 is 2.28 bits per heavy atom. The first-order valence-electron chi connectivity index (χ1n) is 8.48. The molecule has 0 saturated carbocycles. The molecule has 0 spiro atoms. The zero-order valence-corrected chi connectivity index (χ0v) is 14.7. The van der Waals surface area contributed by atoms with Gasteiger partial charge < -0.3 is 14.2 Å². The normalized spacial score (nSPS) is 15.6. The van der Waals surface area contributed by atoms with E-state index in [0.717, 1.165) is 17.1 Å². The van der Waals surface area contributed by atoms with E-state index in [1.807, 2.05) is 38.1 Å². The van der Waals surface area contributed by atoms with Crippen molar-refractivity contribution in [1.29, 1.82) is 0 Å². The minimum Gasteiger partial charge on any atom is -0.493 e. The summed E-state index contributed by atoms with van der Waals surface area (Å²) in [6.07, 6.45) is 0. The fourth-order valence-corrected chi connectivity index (χ4v) is 2.69. The number of aryl methyl sites for hydroxylation is 2. The second-order valence-electron chi connectivity index (χ2n) is 6.24. The molecule has 0 radical (unpaired) electrons. The molecular formula is C19H24N2O4. The molecule has 0 aliphatic carbocycles. The minimum absolute atomic E-state index is 0.153. The molecule has 0 bridgehead atoms. The van der Waals surface area contributed by atoms with Gasteiger partial charge in [-0.2, -0.15) is 0 Å². The first-order valence-corrected chi connectivity index (χ1v) is 8.48. The summed E-state index contributed by atoms with van der Waals surface area (Å²) in [5.74, 6) is 0.804. The number of ether oxygens (including phenoxy) is 3. The van der Waals surface area contributed by atoms with Gasteiger partial charge in [-0.1, -0.05) is 0 Å². The molecule has 2 heterocycles. The van der Waals surface area contributed by atoms with Crippen molar-refractivity contribution in [3.05, 3.63) is 53.3 Å². The molecule has 6 nitrogen and oxygen atoms in total. The van der Waals surface area contributed by atoms with Gasteiger partial charge >= 0.3 is 0 Å². The fourth-order valence-electron chi connectivity index (χ4n) is 2.69. The molecule has 2 aromatic rings. The average molecular weight is 344 g/mol. The van der Waals surface area contributed by atoms with Gasteiger partial charge in [-0.25, -0.2) is 0 Å². The lowest BCUT2D eigenvalue weighted by Crippen LogP contribution is -2.24. The van der Waals surface area contributed by atoms with E-state index in [1.165, 1.54) is 0 Å². The summed E-state index contributed by atoms with van der Waals surface area (Å²) in [7, 11) is 0. The van der Waals surface area contributed by atoms with Crippen LogP contribution in [0.5, 0.6) is 5.75 Å². The number of carbonyl (C=O) groups is 1. The Kier molecular flexibility index (Phi) is 5.73. The summed E-state index contributed by atoms with van der Waals surface area (Å²) in [6, 6.07) is 11.1. The molecular weight excluding hydrogens is 320 g/mol. The Morgan fingerprint density at radius 1 is 1.08 bits per heavy atom. The van der Waals surface area contributed by atoms with Crippen LogP contribution in [0.25, 0.3) is 0 Å². The topological polar surface area (TPSA) is 61.7 Å². The molecule has 1 saturated heterocycles. The lowest BCUT2D eigenvalue weighted by Gasteiger charge is -2.15. The Labute approximate surface area is 147 Å². The van der Waals surface area contributed by atoms with Gasteiger partial charge in [-0.05, 0) is 50.2 Å². The molecule has 3 rings (SSSR count). The van der Waals surface area contributed by atoms with E-state index in [2.05, 4.69) is 5.43 Å². The Morgan fingerprint density at radius 2 is 1.68 bits per heavy atom. The number of hydrogen-bond donors (Lipinski definition) is 1. The van der Waals surface area contributed by atoms with Crippen molar-refractivity contribution in [1.82, 2.24) is 4.68 Å². The zero-order chi connectivity index (χ0) is 17.6. The number of amides is 1. The maximum absolute atomic E-state index is 12.4. The van der Waals surface area contributed by atoms with Gasteiger partial charge in [0.25, 0.3) is 5.91 Å². The van der Waals surface area contributed by atoms with E-state index in [-0.39, 0.29) is 11.8 Å². The van der Waals surface area contributed by atoms with Gasteiger partial charge in [0.15, 0.2) is 0 Å². The second-order valence-corrected chi connectivity index (χ2v) is 6.24. The van der Waals surface area contributed by atoms with Crippen LogP contribution in [-0.2, 0) is 9.47 Å². The third-order valence-corrected chi connectivity index (χ3v) is 4.17. The molecule has 0 unspecified atom stereocenters. The van der Waals surface area contributed by atoms with E-state index in [0.29, 0.717) is 38.6 Å². The molecule has 6 heteroatoms. The minimum atomic E-state index is -0.153. The van der Waals surface area contributed by atoms with Crippen molar-refractivity contribution in [3.63, 3.8) is 0 Å². The second kappa shape index (κ2) is 8.18. The van der Waals surface area contributed by atoms with Gasteiger partial charge in [0.1, 0.15) is 5.75 Å². The van der Waals surface area contributed by atoms with Crippen molar-refractivity contribution in [2.75, 3.05) is 38.5 Å². The molecule has 1 aliphatic heterocycles. The number of aromatic nitrogens is 1. The lowest BCUT2D eigenvalue weighted by atomic mass is 10.2. The highest BCUT2D eigenvalue weighted by atomic mass is 16.5. The molecule has 1 fully saturated rings. The van der Waals surface area contributed by atoms with Crippen molar-refractivity contribution < 1.29 is 19.0 Å². The molecule has 25 heavy (non-hydrogen) atoms. The standard InChI is InChI=1S/C19H24N2O4/c1-14-3-4-15(2)21(14)20-19(22)17-5-7-18(8-6-17)25-13-16-11-23-9-10-24-12-16/h3-8,16H,9-13H2,1-2H3,(H,20,22). The van der Waals surface area contributed by atoms with Crippen LogP contribution in [0.2, 0.25) is 0 Å². The fraction of sp³-hybridized carbons (Fsp3) is 0.421. The number of nitrogens with one attached hydrogen (secondary N) is 1. The summed E-state index contributed by atoms with van der Waals surface area (Å²) in [5.41, 5.74) is 5.44. The maximum Gasteiger partial charge on any atom is 0.270 e. The van der Waals surface area contributed by atoms with E-state index < -0.39 is 0 Å². The third kappa shape index (κ3) is 4.61. The molecule has 1 amide bonds. The van der Waals surface area contributed by atoms with E-state index in [1.54, 1.807) is 16.8 Å². The molecule has 1 N–H and O–H groups in total. The van der Waals surface area contributed by atoms with Crippen LogP contribution < -0.4 is 10.2 Å². The van der Waals surface area contributed by atoms with Crippen molar-refractivity contribution in [2.24, 2.45) is 5.92 Å². The van der Waals surface area contributed by atoms with Gasteiger partial charge in [-0.3, -0.25) is 14.9 Å². The monoisotopic (exact) mass is 344 g/mol. The van der Waals surface area contributed by atoms with Crippen LogP contribution in [0.1, 0.15) is 21.7 Å². The Bertz CT molecular complexity index is 681. The number of rotatable bonds is 5. The Hall–Kier alpha value is -2.31. The highest BCUT2D eigenvalue weighted by Gasteiger charge is 2.14. The Balaban J connectivity index is 1.55. The maximum atomic E-state index is 12.4. The molecule has 1 aromatic heterocycles. The summed E-state index contributed by atoms with van der Waals surface area (Å²) < 4.78 is 18.5. The first-order chi connectivity index (χ1) is 12.1. The predicted octanol–water partition coefficient (Wildman–Crippen LogP) is 2.53. The first kappa shape index (κ1) is 17.5. The molecule has 0 atom stereocenters. The van der Waals surface area contributed by atoms with Crippen molar-refractivity contribution in [3.8, 4) is 5.75 Å². The van der Waals surface area contributed by atoms with Crippen LogP contribution in [0.3, 0.4) is 0 Å². The number of carbonyl (C=O) groups excluding carboxylic acids is 1. The highest BCUT2D eigenvalue weighted by Crippen LogP contribution is 2.15. The van der Waals surface area contributed by atoms with E-state index in [9.17, 15) is 4.79 Å². The highest BCUT2D eigenvalue weighted by molar-refractivity contribution is 6.00. The number of benzene rings is 1. The number of hydrogen-bond acceptors (Lipinski definition) is 4. The predicted molar refractivity (Wildman–Crippen MR) is 94.7 cm³/mol. The van der Waals surface area contributed by atoms with Crippen LogP contribution >= 0.6 is 0 Å².